The van der Waals surface area contributed by atoms with Gasteiger partial charge in [0.1, 0.15) is 45.0 Å². The lowest BCUT2D eigenvalue weighted by Gasteiger charge is -2.47. The molecule has 0 aliphatic carbocycles. The van der Waals surface area contributed by atoms with Crippen LogP contribution in [0.1, 0.15) is 6.42 Å². The zero-order valence-electron chi connectivity index (χ0n) is 18.5. The van der Waals surface area contributed by atoms with Crippen LogP contribution in [-0.2, 0) is 0 Å². The van der Waals surface area contributed by atoms with Gasteiger partial charge in [0.2, 0.25) is 0 Å². The maximum Gasteiger partial charge on any atom is 0.152 e. The van der Waals surface area contributed by atoms with E-state index in [1.165, 1.54) is 0 Å². The number of benzene rings is 1. The predicted molar refractivity (Wildman–Crippen MR) is 116 cm³/mol. The van der Waals surface area contributed by atoms with E-state index in [0.29, 0.717) is 23.7 Å². The fourth-order valence-electron chi connectivity index (χ4n) is 4.12. The summed E-state index contributed by atoms with van der Waals surface area (Å²) in [5.41, 5.74) is 12.9. The highest BCUT2D eigenvalue weighted by atomic mass is 16.5. The zero-order valence-corrected chi connectivity index (χ0v) is 18.5. The number of aliphatic hydroxyl groups is 1. The Morgan fingerprint density at radius 1 is 1.07 bits per heavy atom. The normalized spacial score (nSPS) is 26.8. The average Bonchev–Trinajstić information content (AvgIpc) is 2.55. The first kappa shape index (κ1) is 22.7. The number of nitrogen functional groups attached to an aromatic ring is 2. The van der Waals surface area contributed by atoms with Crippen molar-refractivity contribution in [3.05, 3.63) is 18.2 Å². The van der Waals surface area contributed by atoms with Crippen LogP contribution in [-0.4, -0.2) is 112 Å². The second kappa shape index (κ2) is 8.86. The largest absolute Gasteiger partial charge is 0.491 e. The zero-order chi connectivity index (χ0) is 21.0. The van der Waals surface area contributed by atoms with Gasteiger partial charge in [-0.25, -0.2) is 0 Å². The third-order valence-electron chi connectivity index (χ3n) is 5.90. The van der Waals surface area contributed by atoms with E-state index < -0.39 is 0 Å². The number of hydrogen-bond acceptors (Lipinski definition) is 4. The molecule has 2 rings (SSSR count). The number of anilines is 2. The summed E-state index contributed by atoms with van der Waals surface area (Å²) in [4.78, 5) is 0. The minimum absolute atomic E-state index is 0.249. The second-order valence-electron chi connectivity index (χ2n) is 10.2. The number of nitrogens with zero attached hydrogens (tertiary/aromatic N) is 3. The first-order valence-electron chi connectivity index (χ1n) is 10.3. The number of nitrogens with two attached hydrogens (primary N) is 2. The quantitative estimate of drug-likeness (QED) is 0.324. The molecule has 0 radical (unpaired) electrons. The molecule has 1 aliphatic heterocycles. The van der Waals surface area contributed by atoms with Gasteiger partial charge in [-0.05, 0) is 18.2 Å². The fraction of sp³-hybridized carbons (Fsp3) is 0.714. The molecule has 0 saturated carbocycles. The smallest absolute Gasteiger partial charge is 0.152 e. The van der Waals surface area contributed by atoms with E-state index in [4.69, 9.17) is 16.2 Å². The molecule has 1 aromatic rings. The summed E-state index contributed by atoms with van der Waals surface area (Å²) in [6, 6.07) is 5.39. The summed E-state index contributed by atoms with van der Waals surface area (Å²) in [7, 11) is 11.0. The molecular weight excluding hydrogens is 354 g/mol. The number of piperazine rings is 1. The molecule has 0 spiro atoms. The van der Waals surface area contributed by atoms with E-state index in [1.54, 1.807) is 6.07 Å². The van der Waals surface area contributed by atoms with E-state index in [2.05, 4.69) is 35.2 Å². The first-order valence-corrected chi connectivity index (χ1v) is 10.3. The van der Waals surface area contributed by atoms with E-state index in [1.807, 2.05) is 12.1 Å². The summed E-state index contributed by atoms with van der Waals surface area (Å²) in [6.07, 6.45) is 0.745. The Bertz CT molecular complexity index is 636. The van der Waals surface area contributed by atoms with E-state index in [0.717, 1.165) is 65.7 Å². The molecule has 7 nitrogen and oxygen atoms in total. The van der Waals surface area contributed by atoms with Gasteiger partial charge in [0.25, 0.3) is 0 Å². The van der Waals surface area contributed by atoms with Crippen LogP contribution in [0.2, 0.25) is 0 Å². The summed E-state index contributed by atoms with van der Waals surface area (Å²) >= 11 is 0. The molecule has 160 valence electrons. The predicted octanol–water partition coefficient (Wildman–Crippen LogP) is 0.594. The van der Waals surface area contributed by atoms with Crippen molar-refractivity contribution in [1.82, 2.24) is 0 Å². The molecule has 0 aromatic heterocycles. The molecule has 28 heavy (non-hydrogen) atoms. The summed E-state index contributed by atoms with van der Waals surface area (Å²) < 4.78 is 8.67. The van der Waals surface area contributed by atoms with Crippen molar-refractivity contribution in [3.8, 4) is 5.75 Å². The molecule has 0 amide bonds. The maximum atomic E-state index is 10.5. The number of quaternary nitrogens is 3. The number of rotatable bonds is 9. The van der Waals surface area contributed by atoms with Gasteiger partial charge in [-0.1, -0.05) is 0 Å². The molecule has 0 bridgehead atoms. The van der Waals surface area contributed by atoms with Gasteiger partial charge in [0.15, 0.2) is 6.10 Å². The fourth-order valence-corrected chi connectivity index (χ4v) is 4.12. The Kier molecular flexibility index (Phi) is 7.20. The topological polar surface area (TPSA) is 81.5 Å². The summed E-state index contributed by atoms with van der Waals surface area (Å²) in [5, 5.41) is 10.5. The number of aliphatic hydroxyl groups excluding tert-OH is 1. The summed E-state index contributed by atoms with van der Waals surface area (Å²) in [6.45, 7) is 7.88. The Hall–Kier alpha value is -1.54. The first-order chi connectivity index (χ1) is 12.9. The average molecular weight is 397 g/mol. The van der Waals surface area contributed by atoms with Crippen molar-refractivity contribution in [1.29, 1.82) is 0 Å². The van der Waals surface area contributed by atoms with Crippen LogP contribution in [0.3, 0.4) is 0 Å². The highest BCUT2D eigenvalue weighted by Crippen LogP contribution is 2.24. The lowest BCUT2D eigenvalue weighted by atomic mass is 10.1. The van der Waals surface area contributed by atoms with Crippen LogP contribution in [0, 0.1) is 0 Å². The SMILES string of the molecule is C[N+](C)(C)CC(O)C[N+]1(C)CC[N+](C)(CCCOc2ccc(N)cc2N)CC1. The van der Waals surface area contributed by atoms with Gasteiger partial charge in [-0.2, -0.15) is 0 Å². The lowest BCUT2D eigenvalue weighted by molar-refractivity contribution is -1.02. The Morgan fingerprint density at radius 2 is 1.68 bits per heavy atom. The molecule has 1 heterocycles. The summed E-state index contributed by atoms with van der Waals surface area (Å²) in [5.74, 6) is 0.714. The lowest BCUT2D eigenvalue weighted by Crippen LogP contribution is -2.66. The standard InChI is InChI=1S/C21H42N5O2/c1-24(2,3)16-19(27)17-26(5)12-10-25(4,11-13-26)9-6-14-28-21-8-7-18(22)15-20(21)23/h7-8,15,19,27H,6,9-14,16-17,22-23H2,1-5H3/q+3. The molecule has 7 heteroatoms. The number of likely N-dealkylation sites (N-methyl/N-ethyl adjacent to an activating group) is 3. The van der Waals surface area contributed by atoms with E-state index in [-0.39, 0.29) is 6.10 Å². The minimum Gasteiger partial charge on any atom is -0.491 e. The molecule has 1 aliphatic rings. The van der Waals surface area contributed by atoms with Crippen molar-refractivity contribution in [2.75, 3.05) is 99.1 Å². The number of hydrogen-bond donors (Lipinski definition) is 3. The monoisotopic (exact) mass is 396 g/mol. The minimum atomic E-state index is -0.249. The van der Waals surface area contributed by atoms with Gasteiger partial charge in [-0.15, -0.1) is 0 Å². The van der Waals surface area contributed by atoms with E-state index in [9.17, 15) is 5.11 Å². The molecule has 1 atom stereocenters. The third kappa shape index (κ3) is 7.13. The van der Waals surface area contributed by atoms with Crippen LogP contribution < -0.4 is 16.2 Å². The Balaban J connectivity index is 1.74. The number of ether oxygens (including phenoxy) is 1. The van der Waals surface area contributed by atoms with Gasteiger partial charge >= 0.3 is 0 Å². The van der Waals surface area contributed by atoms with Crippen LogP contribution in [0.4, 0.5) is 11.4 Å². The van der Waals surface area contributed by atoms with Crippen LogP contribution in [0.25, 0.3) is 0 Å². The van der Waals surface area contributed by atoms with Crippen molar-refractivity contribution in [2.45, 2.75) is 12.5 Å². The molecule has 1 fully saturated rings. The highest BCUT2D eigenvalue weighted by molar-refractivity contribution is 5.60. The Labute approximate surface area is 170 Å². The van der Waals surface area contributed by atoms with Crippen molar-refractivity contribution >= 4 is 11.4 Å². The molecule has 5 N–H and O–H groups in total. The van der Waals surface area contributed by atoms with Crippen molar-refractivity contribution in [3.63, 3.8) is 0 Å². The van der Waals surface area contributed by atoms with Crippen LogP contribution in [0.15, 0.2) is 18.2 Å². The second-order valence-corrected chi connectivity index (χ2v) is 10.2. The van der Waals surface area contributed by atoms with Gasteiger partial charge in [0, 0.05) is 12.1 Å². The maximum absolute atomic E-state index is 10.5. The van der Waals surface area contributed by atoms with Crippen molar-refractivity contribution in [2.24, 2.45) is 0 Å². The van der Waals surface area contributed by atoms with Gasteiger partial charge < -0.3 is 34.8 Å². The van der Waals surface area contributed by atoms with Crippen molar-refractivity contribution < 1.29 is 23.3 Å². The molecule has 1 saturated heterocycles. The van der Waals surface area contributed by atoms with Crippen LogP contribution >= 0.6 is 0 Å². The molecule has 1 aromatic carbocycles. The van der Waals surface area contributed by atoms with Gasteiger partial charge in [0.05, 0.1) is 54.1 Å². The van der Waals surface area contributed by atoms with Crippen LogP contribution in [0.5, 0.6) is 5.75 Å². The molecular formula is C21H42N5O2+3. The third-order valence-corrected chi connectivity index (χ3v) is 5.90. The Morgan fingerprint density at radius 3 is 2.25 bits per heavy atom. The van der Waals surface area contributed by atoms with E-state index >= 15 is 0 Å². The molecule has 1 unspecified atom stereocenters. The van der Waals surface area contributed by atoms with Gasteiger partial charge in [-0.3, -0.25) is 0 Å². The highest BCUT2D eigenvalue weighted by Gasteiger charge is 2.38.